The summed E-state index contributed by atoms with van der Waals surface area (Å²) in [7, 11) is 0. The molecule has 0 bridgehead atoms. The highest BCUT2D eigenvalue weighted by Crippen LogP contribution is 2.28. The Kier molecular flexibility index (Phi) is 3.71. The van der Waals surface area contributed by atoms with Crippen LogP contribution in [0.2, 0.25) is 0 Å². The number of amides is 1. The molecule has 0 saturated carbocycles. The summed E-state index contributed by atoms with van der Waals surface area (Å²) >= 11 is 0. The molecule has 0 unspecified atom stereocenters. The van der Waals surface area contributed by atoms with Crippen molar-refractivity contribution in [3.63, 3.8) is 0 Å². The number of rotatable bonds is 3. The number of likely N-dealkylation sites (tertiary alicyclic amines) is 1. The van der Waals surface area contributed by atoms with Gasteiger partial charge in [-0.3, -0.25) is 9.78 Å². The Bertz CT molecular complexity index is 692. The van der Waals surface area contributed by atoms with Gasteiger partial charge in [-0.05, 0) is 30.0 Å². The highest BCUT2D eigenvalue weighted by molar-refractivity contribution is 5.92. The lowest BCUT2D eigenvalue weighted by Crippen LogP contribution is -2.32. The van der Waals surface area contributed by atoms with Crippen LogP contribution in [0.1, 0.15) is 10.5 Å². The normalized spacial score (nSPS) is 22.9. The molecule has 0 spiro atoms. The van der Waals surface area contributed by atoms with Gasteiger partial charge in [-0.15, -0.1) is 0 Å². The molecule has 4 rings (SSSR count). The Hall–Kier alpha value is -2.40. The highest BCUT2D eigenvalue weighted by atomic mass is 16.5. The number of para-hydroxylation sites is 1. The van der Waals surface area contributed by atoms with Gasteiger partial charge in [0, 0.05) is 38.4 Å². The number of carbonyl (C=O) groups excluding carboxylic acids is 1. The molecule has 2 aliphatic heterocycles. The minimum absolute atomic E-state index is 0.00193. The number of ether oxygens (including phenoxy) is 1. The molecule has 1 aromatic heterocycles. The smallest absolute Gasteiger partial charge is 0.272 e. The number of aromatic nitrogens is 1. The van der Waals surface area contributed by atoms with Crippen LogP contribution in [0.4, 0.5) is 0 Å². The molecule has 2 aliphatic rings. The van der Waals surface area contributed by atoms with Crippen molar-refractivity contribution in [3.05, 3.63) is 54.4 Å². The lowest BCUT2D eigenvalue weighted by molar-refractivity contribution is 0.0775. The number of nitrogens with zero attached hydrogens (tertiary/aromatic N) is 2. The molecule has 2 aromatic rings. The van der Waals surface area contributed by atoms with E-state index in [-0.39, 0.29) is 5.91 Å². The van der Waals surface area contributed by atoms with Crippen molar-refractivity contribution >= 4 is 5.91 Å². The van der Waals surface area contributed by atoms with Gasteiger partial charge in [0.1, 0.15) is 17.2 Å². The van der Waals surface area contributed by atoms with Gasteiger partial charge in [0.15, 0.2) is 0 Å². The third-order valence-corrected chi connectivity index (χ3v) is 4.61. The molecular formula is C18H19N3O2. The van der Waals surface area contributed by atoms with E-state index in [9.17, 15) is 4.79 Å². The first kappa shape index (κ1) is 14.2. The predicted octanol–water partition coefficient (Wildman–Crippen LogP) is 2.17. The Morgan fingerprint density at radius 2 is 1.83 bits per heavy atom. The summed E-state index contributed by atoms with van der Waals surface area (Å²) in [6, 6.07) is 13.0. The molecule has 23 heavy (non-hydrogen) atoms. The fraction of sp³-hybridized carbons (Fsp3) is 0.333. The summed E-state index contributed by atoms with van der Waals surface area (Å²) in [4.78, 5) is 18.8. The summed E-state index contributed by atoms with van der Waals surface area (Å²) in [6.45, 7) is 3.67. The van der Waals surface area contributed by atoms with Gasteiger partial charge in [0.25, 0.3) is 5.91 Å². The van der Waals surface area contributed by atoms with E-state index in [2.05, 4.69) is 10.3 Å². The summed E-state index contributed by atoms with van der Waals surface area (Å²) < 4.78 is 5.79. The van der Waals surface area contributed by atoms with E-state index >= 15 is 0 Å². The number of hydrogen-bond donors (Lipinski definition) is 1. The van der Waals surface area contributed by atoms with Crippen molar-refractivity contribution in [1.29, 1.82) is 0 Å². The number of carbonyl (C=O) groups is 1. The fourth-order valence-electron chi connectivity index (χ4n) is 3.40. The van der Waals surface area contributed by atoms with Crippen LogP contribution < -0.4 is 10.1 Å². The van der Waals surface area contributed by atoms with Crippen molar-refractivity contribution < 1.29 is 9.53 Å². The van der Waals surface area contributed by atoms with Crippen molar-refractivity contribution in [2.75, 3.05) is 26.2 Å². The average molecular weight is 309 g/mol. The fourth-order valence-corrected chi connectivity index (χ4v) is 3.40. The van der Waals surface area contributed by atoms with Gasteiger partial charge in [0.2, 0.25) is 0 Å². The lowest BCUT2D eigenvalue weighted by Gasteiger charge is -2.17. The zero-order chi connectivity index (χ0) is 15.6. The number of hydrogen-bond acceptors (Lipinski definition) is 4. The second-order valence-corrected chi connectivity index (χ2v) is 6.18. The van der Waals surface area contributed by atoms with Crippen LogP contribution in [0.25, 0.3) is 0 Å². The van der Waals surface area contributed by atoms with Gasteiger partial charge in [-0.25, -0.2) is 0 Å². The van der Waals surface area contributed by atoms with E-state index in [0.29, 0.717) is 23.3 Å². The number of benzene rings is 1. The van der Waals surface area contributed by atoms with Crippen molar-refractivity contribution in [2.45, 2.75) is 0 Å². The molecule has 1 aromatic carbocycles. The van der Waals surface area contributed by atoms with Gasteiger partial charge in [-0.2, -0.15) is 0 Å². The van der Waals surface area contributed by atoms with E-state index < -0.39 is 0 Å². The third kappa shape index (κ3) is 2.92. The SMILES string of the molecule is O=C(c1cc(Oc2ccccc2)ccn1)N1C[C@H]2CNC[C@H]2C1. The maximum absolute atomic E-state index is 12.7. The molecule has 5 nitrogen and oxygen atoms in total. The Morgan fingerprint density at radius 1 is 1.09 bits per heavy atom. The number of pyridine rings is 1. The van der Waals surface area contributed by atoms with Gasteiger partial charge < -0.3 is 15.0 Å². The molecule has 2 atom stereocenters. The van der Waals surface area contributed by atoms with Crippen molar-refractivity contribution in [1.82, 2.24) is 15.2 Å². The molecule has 0 aliphatic carbocycles. The van der Waals surface area contributed by atoms with Gasteiger partial charge in [0.05, 0.1) is 0 Å². The standard InChI is InChI=1S/C18H19N3O2/c22-18(21-11-13-9-19-10-14(13)12-21)17-8-16(6-7-20-17)23-15-4-2-1-3-5-15/h1-8,13-14,19H,9-12H2/t13-,14+. The van der Waals surface area contributed by atoms with E-state index in [0.717, 1.165) is 31.9 Å². The van der Waals surface area contributed by atoms with E-state index in [1.807, 2.05) is 35.2 Å². The molecule has 2 fully saturated rings. The largest absolute Gasteiger partial charge is 0.457 e. The van der Waals surface area contributed by atoms with Crippen LogP contribution in [0.15, 0.2) is 48.7 Å². The van der Waals surface area contributed by atoms with Crippen LogP contribution in [-0.2, 0) is 0 Å². The van der Waals surface area contributed by atoms with Crippen LogP contribution in [0.5, 0.6) is 11.5 Å². The van der Waals surface area contributed by atoms with Gasteiger partial charge in [-0.1, -0.05) is 18.2 Å². The minimum Gasteiger partial charge on any atom is -0.457 e. The second kappa shape index (κ2) is 6.01. The first-order chi connectivity index (χ1) is 11.3. The van der Waals surface area contributed by atoms with Crippen LogP contribution >= 0.6 is 0 Å². The molecule has 118 valence electrons. The Balaban J connectivity index is 1.49. The van der Waals surface area contributed by atoms with E-state index in [1.54, 1.807) is 18.3 Å². The molecule has 1 N–H and O–H groups in total. The van der Waals surface area contributed by atoms with Gasteiger partial charge >= 0.3 is 0 Å². The monoisotopic (exact) mass is 309 g/mol. The van der Waals surface area contributed by atoms with E-state index in [1.165, 1.54) is 0 Å². The predicted molar refractivity (Wildman–Crippen MR) is 86.5 cm³/mol. The highest BCUT2D eigenvalue weighted by Gasteiger charge is 2.38. The first-order valence-corrected chi connectivity index (χ1v) is 7.98. The molecule has 0 radical (unpaired) electrons. The number of fused-ring (bicyclic) bond motifs is 1. The lowest BCUT2D eigenvalue weighted by atomic mass is 10.0. The minimum atomic E-state index is -0.00193. The van der Waals surface area contributed by atoms with Crippen molar-refractivity contribution in [2.24, 2.45) is 11.8 Å². The Labute approximate surface area is 135 Å². The molecular weight excluding hydrogens is 290 g/mol. The molecule has 5 heteroatoms. The van der Waals surface area contributed by atoms with Crippen LogP contribution in [-0.4, -0.2) is 42.0 Å². The average Bonchev–Trinajstić information content (AvgIpc) is 3.17. The molecule has 1 amide bonds. The molecule has 2 saturated heterocycles. The quantitative estimate of drug-likeness (QED) is 0.944. The summed E-state index contributed by atoms with van der Waals surface area (Å²) in [5.41, 5.74) is 0.450. The third-order valence-electron chi connectivity index (χ3n) is 4.61. The maximum Gasteiger partial charge on any atom is 0.272 e. The maximum atomic E-state index is 12.7. The Morgan fingerprint density at radius 3 is 2.57 bits per heavy atom. The van der Waals surface area contributed by atoms with Crippen LogP contribution in [0.3, 0.4) is 0 Å². The summed E-state index contributed by atoms with van der Waals surface area (Å²) in [5.74, 6) is 2.55. The zero-order valence-corrected chi connectivity index (χ0v) is 12.8. The van der Waals surface area contributed by atoms with Crippen molar-refractivity contribution in [3.8, 4) is 11.5 Å². The first-order valence-electron chi connectivity index (χ1n) is 7.98. The molecule has 3 heterocycles. The van der Waals surface area contributed by atoms with Crippen LogP contribution in [0, 0.1) is 11.8 Å². The topological polar surface area (TPSA) is 54.5 Å². The zero-order valence-electron chi connectivity index (χ0n) is 12.8. The summed E-state index contributed by atoms with van der Waals surface area (Å²) in [5, 5.41) is 3.39. The van der Waals surface area contributed by atoms with E-state index in [4.69, 9.17) is 4.74 Å². The second-order valence-electron chi connectivity index (χ2n) is 6.18. The number of nitrogens with one attached hydrogen (secondary N) is 1. The summed E-state index contributed by atoms with van der Waals surface area (Å²) in [6.07, 6.45) is 1.63.